The predicted octanol–water partition coefficient (Wildman–Crippen LogP) is -0.0468. The fourth-order valence-electron chi connectivity index (χ4n) is 2.81. The van der Waals surface area contributed by atoms with Crippen LogP contribution in [0.1, 0.15) is 26.2 Å². The van der Waals surface area contributed by atoms with Gasteiger partial charge in [-0.3, -0.25) is 4.79 Å². The number of carbonyl (C=O) groups excluding carboxylic acids is 1. The van der Waals surface area contributed by atoms with Crippen LogP contribution >= 0.6 is 0 Å². The summed E-state index contributed by atoms with van der Waals surface area (Å²) in [7, 11) is -3.34. The van der Waals surface area contributed by atoms with Gasteiger partial charge in [-0.1, -0.05) is 0 Å². The van der Waals surface area contributed by atoms with E-state index >= 15 is 0 Å². The molecule has 2 aliphatic heterocycles. The Morgan fingerprint density at radius 3 is 2.89 bits per heavy atom. The second kappa shape index (κ2) is 6.19. The number of nitrogens with one attached hydrogen (secondary N) is 1. The summed E-state index contributed by atoms with van der Waals surface area (Å²) in [5.74, 6) is -0.169. The topological polar surface area (TPSA) is 75.7 Å². The predicted molar refractivity (Wildman–Crippen MR) is 71.1 cm³/mol. The lowest BCUT2D eigenvalue weighted by molar-refractivity contribution is -0.142. The van der Waals surface area contributed by atoms with E-state index in [9.17, 15) is 13.2 Å². The van der Waals surface area contributed by atoms with Crippen molar-refractivity contribution in [3.05, 3.63) is 0 Å². The first-order valence-corrected chi connectivity index (χ1v) is 8.50. The van der Waals surface area contributed by atoms with Crippen LogP contribution in [-0.2, 0) is 19.6 Å². The van der Waals surface area contributed by atoms with Gasteiger partial charge in [0.1, 0.15) is 0 Å². The average Bonchev–Trinajstić information content (AvgIpc) is 2.81. The van der Waals surface area contributed by atoms with E-state index in [2.05, 4.69) is 5.32 Å². The van der Waals surface area contributed by atoms with Gasteiger partial charge in [0, 0.05) is 19.1 Å². The lowest BCUT2D eigenvalue weighted by atomic mass is 9.94. The normalized spacial score (nSPS) is 28.1. The van der Waals surface area contributed by atoms with Crippen molar-refractivity contribution in [1.82, 2.24) is 9.62 Å². The second-order valence-electron chi connectivity index (χ2n) is 5.15. The molecule has 19 heavy (non-hydrogen) atoms. The van der Waals surface area contributed by atoms with Crippen molar-refractivity contribution in [2.45, 2.75) is 32.2 Å². The van der Waals surface area contributed by atoms with Crippen LogP contribution in [-0.4, -0.2) is 56.7 Å². The molecule has 0 aromatic heterocycles. The van der Waals surface area contributed by atoms with E-state index in [4.69, 9.17) is 4.74 Å². The van der Waals surface area contributed by atoms with Crippen LogP contribution in [0, 0.1) is 5.92 Å². The van der Waals surface area contributed by atoms with E-state index in [1.54, 1.807) is 6.92 Å². The maximum Gasteiger partial charge on any atom is 0.306 e. The summed E-state index contributed by atoms with van der Waals surface area (Å²) in [5.41, 5.74) is 0. The Labute approximate surface area is 114 Å². The highest BCUT2D eigenvalue weighted by Gasteiger charge is 2.39. The third-order valence-corrected chi connectivity index (χ3v) is 5.63. The highest BCUT2D eigenvalue weighted by Crippen LogP contribution is 2.27. The second-order valence-corrected chi connectivity index (χ2v) is 7.24. The third-order valence-electron chi connectivity index (χ3n) is 3.83. The number of sulfonamides is 1. The van der Waals surface area contributed by atoms with E-state index in [0.717, 1.165) is 19.4 Å². The Balaban J connectivity index is 1.88. The van der Waals surface area contributed by atoms with Crippen molar-refractivity contribution in [3.8, 4) is 0 Å². The molecule has 0 aromatic rings. The zero-order chi connectivity index (χ0) is 13.9. The summed E-state index contributed by atoms with van der Waals surface area (Å²) in [5, 5.41) is 3.37. The van der Waals surface area contributed by atoms with Crippen molar-refractivity contribution in [2.24, 2.45) is 5.92 Å². The molecule has 2 aliphatic rings. The SMILES string of the molecule is CCOC(=O)CCS(=O)(=O)N1C[C@@H]2CCCN[C@@H]2C1. The largest absolute Gasteiger partial charge is 0.466 e. The molecular formula is C12H22N2O4S. The fraction of sp³-hybridized carbons (Fsp3) is 0.917. The molecule has 0 bridgehead atoms. The van der Waals surface area contributed by atoms with Crippen molar-refractivity contribution in [2.75, 3.05) is 32.0 Å². The Morgan fingerprint density at radius 2 is 2.21 bits per heavy atom. The fourth-order valence-corrected chi connectivity index (χ4v) is 4.30. The van der Waals surface area contributed by atoms with Crippen LogP contribution in [0.4, 0.5) is 0 Å². The monoisotopic (exact) mass is 290 g/mol. The first-order chi connectivity index (χ1) is 9.03. The summed E-state index contributed by atoms with van der Waals surface area (Å²) < 4.78 is 30.6. The zero-order valence-electron chi connectivity index (χ0n) is 11.3. The smallest absolute Gasteiger partial charge is 0.306 e. The van der Waals surface area contributed by atoms with E-state index in [1.807, 2.05) is 0 Å². The van der Waals surface area contributed by atoms with Crippen LogP contribution in [0.5, 0.6) is 0 Å². The highest BCUT2D eigenvalue weighted by molar-refractivity contribution is 7.89. The van der Waals surface area contributed by atoms with Crippen molar-refractivity contribution >= 4 is 16.0 Å². The molecule has 0 radical (unpaired) electrons. The van der Waals surface area contributed by atoms with Crippen LogP contribution in [0.15, 0.2) is 0 Å². The van der Waals surface area contributed by atoms with Gasteiger partial charge in [0.2, 0.25) is 10.0 Å². The first kappa shape index (κ1) is 14.7. The van der Waals surface area contributed by atoms with Crippen molar-refractivity contribution in [3.63, 3.8) is 0 Å². The zero-order valence-corrected chi connectivity index (χ0v) is 12.1. The number of esters is 1. The highest BCUT2D eigenvalue weighted by atomic mass is 32.2. The summed E-state index contributed by atoms with van der Waals surface area (Å²) in [6.45, 7) is 4.09. The number of nitrogens with zero attached hydrogens (tertiary/aromatic N) is 1. The molecule has 6 nitrogen and oxygen atoms in total. The van der Waals surface area contributed by atoms with E-state index in [1.165, 1.54) is 4.31 Å². The summed E-state index contributed by atoms with van der Waals surface area (Å²) >= 11 is 0. The Hall–Kier alpha value is -0.660. The molecule has 0 amide bonds. The standard InChI is InChI=1S/C12H22N2O4S/c1-2-18-12(15)5-7-19(16,17)14-8-10-4-3-6-13-11(10)9-14/h10-11,13H,2-9H2,1H3/t10-,11+/m0/s1. The maximum absolute atomic E-state index is 12.2. The molecule has 0 aliphatic carbocycles. The van der Waals surface area contributed by atoms with E-state index in [-0.39, 0.29) is 24.8 Å². The third kappa shape index (κ3) is 3.67. The van der Waals surface area contributed by atoms with Gasteiger partial charge in [0.15, 0.2) is 0 Å². The molecule has 2 rings (SSSR count). The molecule has 2 saturated heterocycles. The molecule has 1 N–H and O–H groups in total. The molecule has 0 saturated carbocycles. The lowest BCUT2D eigenvalue weighted by Crippen LogP contribution is -2.41. The van der Waals surface area contributed by atoms with Crippen molar-refractivity contribution in [1.29, 1.82) is 0 Å². The van der Waals surface area contributed by atoms with Gasteiger partial charge < -0.3 is 10.1 Å². The number of carbonyl (C=O) groups is 1. The Morgan fingerprint density at radius 1 is 1.42 bits per heavy atom. The van der Waals surface area contributed by atoms with Gasteiger partial charge >= 0.3 is 5.97 Å². The number of rotatable bonds is 5. The van der Waals surface area contributed by atoms with Gasteiger partial charge in [-0.05, 0) is 32.2 Å². The minimum atomic E-state index is -3.34. The molecule has 0 spiro atoms. The number of fused-ring (bicyclic) bond motifs is 1. The molecule has 7 heteroatoms. The number of hydrogen-bond donors (Lipinski definition) is 1. The van der Waals surface area contributed by atoms with Crippen LogP contribution in [0.2, 0.25) is 0 Å². The number of hydrogen-bond acceptors (Lipinski definition) is 5. The summed E-state index contributed by atoms with van der Waals surface area (Å²) in [4.78, 5) is 11.2. The quantitative estimate of drug-likeness (QED) is 0.719. The van der Waals surface area contributed by atoms with Gasteiger partial charge in [0.05, 0.1) is 18.8 Å². The van der Waals surface area contributed by atoms with Crippen LogP contribution in [0.3, 0.4) is 0 Å². The number of ether oxygens (including phenoxy) is 1. The molecule has 110 valence electrons. The Bertz CT molecular complexity index is 409. The van der Waals surface area contributed by atoms with Crippen LogP contribution < -0.4 is 5.32 Å². The van der Waals surface area contributed by atoms with Crippen LogP contribution in [0.25, 0.3) is 0 Å². The summed E-state index contributed by atoms with van der Waals surface area (Å²) in [6, 6.07) is 0.283. The minimum Gasteiger partial charge on any atom is -0.466 e. The summed E-state index contributed by atoms with van der Waals surface area (Å²) in [6.07, 6.45) is 2.13. The van der Waals surface area contributed by atoms with Gasteiger partial charge in [0.25, 0.3) is 0 Å². The molecule has 0 unspecified atom stereocenters. The molecule has 2 heterocycles. The first-order valence-electron chi connectivity index (χ1n) is 6.89. The average molecular weight is 290 g/mol. The van der Waals surface area contributed by atoms with Gasteiger partial charge in [-0.15, -0.1) is 0 Å². The minimum absolute atomic E-state index is 0.0601. The lowest BCUT2D eigenvalue weighted by Gasteiger charge is -2.24. The van der Waals surface area contributed by atoms with Crippen molar-refractivity contribution < 1.29 is 17.9 Å². The molecule has 0 aromatic carbocycles. The number of piperidine rings is 1. The van der Waals surface area contributed by atoms with E-state index < -0.39 is 16.0 Å². The van der Waals surface area contributed by atoms with Gasteiger partial charge in [-0.25, -0.2) is 12.7 Å². The Kier molecular flexibility index (Phi) is 4.81. The molecule has 2 atom stereocenters. The molecular weight excluding hydrogens is 268 g/mol. The maximum atomic E-state index is 12.2. The van der Waals surface area contributed by atoms with E-state index in [0.29, 0.717) is 19.0 Å². The molecule has 2 fully saturated rings. The van der Waals surface area contributed by atoms with Gasteiger partial charge in [-0.2, -0.15) is 0 Å².